The first-order chi connectivity index (χ1) is 13.5. The highest BCUT2D eigenvalue weighted by atomic mass is 16.5. The summed E-state index contributed by atoms with van der Waals surface area (Å²) in [4.78, 5) is 16.4. The Balaban J connectivity index is 1.52. The molecule has 1 atom stereocenters. The molecule has 0 unspecified atom stereocenters. The van der Waals surface area contributed by atoms with E-state index in [0.29, 0.717) is 5.92 Å². The van der Waals surface area contributed by atoms with Gasteiger partial charge in [-0.3, -0.25) is 4.79 Å². The largest absolute Gasteiger partial charge is 0.497 e. The Morgan fingerprint density at radius 3 is 2.14 bits per heavy atom. The van der Waals surface area contributed by atoms with Crippen molar-refractivity contribution in [1.29, 1.82) is 0 Å². The van der Waals surface area contributed by atoms with E-state index in [9.17, 15) is 4.79 Å². The number of ether oxygens (including phenoxy) is 1. The van der Waals surface area contributed by atoms with Gasteiger partial charge in [0.15, 0.2) is 6.04 Å². The van der Waals surface area contributed by atoms with E-state index in [-0.39, 0.29) is 11.9 Å². The zero-order chi connectivity index (χ0) is 20.1. The van der Waals surface area contributed by atoms with Crippen molar-refractivity contribution in [2.45, 2.75) is 32.7 Å². The Bertz CT molecular complexity index is 763. The van der Waals surface area contributed by atoms with E-state index in [2.05, 4.69) is 48.3 Å². The molecule has 1 amide bonds. The number of carbonyl (C=O) groups excluding carboxylic acids is 1. The van der Waals surface area contributed by atoms with Crippen molar-refractivity contribution in [3.05, 3.63) is 54.1 Å². The number of quaternary nitrogens is 1. The maximum absolute atomic E-state index is 12.7. The number of amides is 1. The zero-order valence-electron chi connectivity index (χ0n) is 17.4. The number of carbonyl (C=O) groups is 1. The summed E-state index contributed by atoms with van der Waals surface area (Å²) in [5.74, 6) is 1.46. The number of rotatable bonds is 6. The van der Waals surface area contributed by atoms with Crippen molar-refractivity contribution in [3.63, 3.8) is 0 Å². The molecule has 0 spiro atoms. The lowest BCUT2D eigenvalue weighted by atomic mass is 10.0. The van der Waals surface area contributed by atoms with E-state index < -0.39 is 0 Å². The molecule has 1 aliphatic heterocycles. The highest BCUT2D eigenvalue weighted by Gasteiger charge is 2.29. The SMILES string of the molecule is COc1ccc(N2CC[NH+]([C@H](C)C(=O)Nc3ccc(C(C)C)cc3)CC2)cc1. The summed E-state index contributed by atoms with van der Waals surface area (Å²) in [6.45, 7) is 10.2. The number of nitrogens with zero attached hydrogens (tertiary/aromatic N) is 1. The minimum atomic E-state index is -0.0669. The Labute approximate surface area is 168 Å². The first kappa shape index (κ1) is 20.2. The topological polar surface area (TPSA) is 46.0 Å². The van der Waals surface area contributed by atoms with Gasteiger partial charge in [0.25, 0.3) is 5.91 Å². The van der Waals surface area contributed by atoms with Crippen molar-refractivity contribution in [2.24, 2.45) is 0 Å². The third kappa shape index (κ3) is 4.84. The van der Waals surface area contributed by atoms with E-state index in [0.717, 1.165) is 37.6 Å². The van der Waals surface area contributed by atoms with Gasteiger partial charge in [-0.15, -0.1) is 0 Å². The van der Waals surface area contributed by atoms with Crippen molar-refractivity contribution in [3.8, 4) is 5.75 Å². The molecule has 0 radical (unpaired) electrons. The smallest absolute Gasteiger partial charge is 0.282 e. The number of nitrogens with one attached hydrogen (secondary N) is 2. The van der Waals surface area contributed by atoms with Crippen LogP contribution in [0.4, 0.5) is 11.4 Å². The minimum Gasteiger partial charge on any atom is -0.497 e. The summed E-state index contributed by atoms with van der Waals surface area (Å²) in [6.07, 6.45) is 0. The Kier molecular flexibility index (Phi) is 6.57. The number of piperazine rings is 1. The molecule has 1 aliphatic rings. The molecule has 0 aliphatic carbocycles. The molecule has 3 rings (SSSR count). The van der Waals surface area contributed by atoms with Crippen LogP contribution in [-0.2, 0) is 4.79 Å². The summed E-state index contributed by atoms with van der Waals surface area (Å²) >= 11 is 0. The van der Waals surface area contributed by atoms with E-state index in [1.54, 1.807) is 7.11 Å². The summed E-state index contributed by atoms with van der Waals surface area (Å²) < 4.78 is 5.23. The molecule has 5 heteroatoms. The Morgan fingerprint density at radius 1 is 1.00 bits per heavy atom. The molecule has 1 saturated heterocycles. The van der Waals surface area contributed by atoms with Crippen LogP contribution in [0, 0.1) is 0 Å². The Morgan fingerprint density at radius 2 is 1.61 bits per heavy atom. The fourth-order valence-electron chi connectivity index (χ4n) is 3.67. The van der Waals surface area contributed by atoms with Gasteiger partial charge in [0.2, 0.25) is 0 Å². The van der Waals surface area contributed by atoms with Crippen LogP contribution >= 0.6 is 0 Å². The molecule has 1 heterocycles. The monoisotopic (exact) mass is 382 g/mol. The average molecular weight is 383 g/mol. The number of anilines is 2. The third-order valence-electron chi connectivity index (χ3n) is 5.69. The fourth-order valence-corrected chi connectivity index (χ4v) is 3.67. The van der Waals surface area contributed by atoms with Gasteiger partial charge >= 0.3 is 0 Å². The van der Waals surface area contributed by atoms with Crippen molar-refractivity contribution in [2.75, 3.05) is 43.5 Å². The van der Waals surface area contributed by atoms with Gasteiger partial charge in [-0.1, -0.05) is 26.0 Å². The fraction of sp³-hybridized carbons (Fsp3) is 0.435. The van der Waals surface area contributed by atoms with E-state index in [1.165, 1.54) is 16.2 Å². The summed E-state index contributed by atoms with van der Waals surface area (Å²) in [5, 5.41) is 3.07. The summed E-state index contributed by atoms with van der Waals surface area (Å²) in [6, 6.07) is 16.3. The predicted molar refractivity (Wildman–Crippen MR) is 115 cm³/mol. The quantitative estimate of drug-likeness (QED) is 0.807. The Hall–Kier alpha value is -2.53. The zero-order valence-corrected chi connectivity index (χ0v) is 17.4. The van der Waals surface area contributed by atoms with Crippen molar-refractivity contribution in [1.82, 2.24) is 0 Å². The molecule has 28 heavy (non-hydrogen) atoms. The lowest BCUT2D eigenvalue weighted by molar-refractivity contribution is -0.914. The molecule has 0 aromatic heterocycles. The van der Waals surface area contributed by atoms with Gasteiger partial charge in [-0.25, -0.2) is 0 Å². The van der Waals surface area contributed by atoms with Crippen LogP contribution in [0.25, 0.3) is 0 Å². The second-order valence-electron chi connectivity index (χ2n) is 7.83. The van der Waals surface area contributed by atoms with Gasteiger partial charge in [0.05, 0.1) is 33.3 Å². The summed E-state index contributed by atoms with van der Waals surface area (Å²) in [7, 11) is 1.68. The maximum Gasteiger partial charge on any atom is 0.282 e. The van der Waals surface area contributed by atoms with Crippen LogP contribution in [-0.4, -0.2) is 45.2 Å². The molecule has 150 valence electrons. The molecule has 0 bridgehead atoms. The van der Waals surface area contributed by atoms with Crippen LogP contribution in [0.5, 0.6) is 5.75 Å². The van der Waals surface area contributed by atoms with Crippen LogP contribution < -0.4 is 19.9 Å². The van der Waals surface area contributed by atoms with Gasteiger partial charge in [-0.2, -0.15) is 0 Å². The third-order valence-corrected chi connectivity index (χ3v) is 5.69. The van der Waals surface area contributed by atoms with E-state index >= 15 is 0 Å². The lowest BCUT2D eigenvalue weighted by Crippen LogP contribution is -3.19. The number of hydrogen-bond acceptors (Lipinski definition) is 3. The molecule has 2 N–H and O–H groups in total. The highest BCUT2D eigenvalue weighted by Crippen LogP contribution is 2.19. The number of benzene rings is 2. The van der Waals surface area contributed by atoms with E-state index in [1.807, 2.05) is 31.2 Å². The number of hydrogen-bond donors (Lipinski definition) is 2. The standard InChI is InChI=1S/C23H31N3O2/c1-17(2)19-5-7-20(8-6-19)24-23(27)18(3)25-13-15-26(16-14-25)21-9-11-22(28-4)12-10-21/h5-12,17-18H,13-16H2,1-4H3,(H,24,27)/p+1/t18-/m1/s1. The molecule has 2 aromatic carbocycles. The molecule has 1 fully saturated rings. The van der Waals surface area contributed by atoms with Gasteiger partial charge in [0.1, 0.15) is 5.75 Å². The molecule has 2 aromatic rings. The highest BCUT2D eigenvalue weighted by molar-refractivity contribution is 5.93. The maximum atomic E-state index is 12.7. The summed E-state index contributed by atoms with van der Waals surface area (Å²) in [5.41, 5.74) is 3.37. The average Bonchev–Trinajstić information content (AvgIpc) is 2.73. The van der Waals surface area contributed by atoms with Crippen LogP contribution in [0.2, 0.25) is 0 Å². The molecular weight excluding hydrogens is 350 g/mol. The normalized spacial score (nSPS) is 16.1. The van der Waals surface area contributed by atoms with E-state index in [4.69, 9.17) is 4.74 Å². The first-order valence-corrected chi connectivity index (χ1v) is 10.1. The van der Waals surface area contributed by atoms with Crippen LogP contribution in [0.15, 0.2) is 48.5 Å². The lowest BCUT2D eigenvalue weighted by Gasteiger charge is -2.36. The molecule has 0 saturated carbocycles. The second-order valence-corrected chi connectivity index (χ2v) is 7.83. The van der Waals surface area contributed by atoms with Gasteiger partial charge in [-0.05, 0) is 54.8 Å². The number of methoxy groups -OCH3 is 1. The van der Waals surface area contributed by atoms with Crippen LogP contribution in [0.3, 0.4) is 0 Å². The van der Waals surface area contributed by atoms with Crippen molar-refractivity contribution < 1.29 is 14.4 Å². The predicted octanol–water partition coefficient (Wildman–Crippen LogP) is 2.55. The molecular formula is C23H32N3O2+. The van der Waals surface area contributed by atoms with Gasteiger partial charge < -0.3 is 19.9 Å². The van der Waals surface area contributed by atoms with Crippen molar-refractivity contribution >= 4 is 17.3 Å². The minimum absolute atomic E-state index is 0.0669. The van der Waals surface area contributed by atoms with Crippen LogP contribution in [0.1, 0.15) is 32.3 Å². The first-order valence-electron chi connectivity index (χ1n) is 10.1. The molecule has 5 nitrogen and oxygen atoms in total. The second kappa shape index (κ2) is 9.11. The van der Waals surface area contributed by atoms with Gasteiger partial charge in [0, 0.05) is 11.4 Å².